The minimum atomic E-state index is -0.452. The number of anilines is 3. The summed E-state index contributed by atoms with van der Waals surface area (Å²) >= 11 is 1.11. The highest BCUT2D eigenvalue weighted by Crippen LogP contribution is 2.27. The zero-order chi connectivity index (χ0) is 14.5. The maximum atomic E-state index is 11.6. The Bertz CT molecular complexity index is 647. The molecule has 8 heteroatoms. The molecule has 1 heterocycles. The number of benzene rings is 1. The van der Waals surface area contributed by atoms with Crippen LogP contribution >= 0.6 is 11.5 Å². The Balaban J connectivity index is 2.20. The topological polar surface area (TPSA) is 95.2 Å². The maximum Gasteiger partial charge on any atom is 0.319 e. The van der Waals surface area contributed by atoms with Crippen molar-refractivity contribution in [2.45, 2.75) is 0 Å². The first kappa shape index (κ1) is 13.9. The number of aromatic nitrogens is 1. The van der Waals surface area contributed by atoms with Crippen LogP contribution in [0.25, 0.3) is 0 Å². The summed E-state index contributed by atoms with van der Waals surface area (Å²) in [6.07, 6.45) is 0. The highest BCUT2D eigenvalue weighted by Gasteiger charge is 2.13. The number of methoxy groups -OCH3 is 1. The van der Waals surface area contributed by atoms with E-state index >= 15 is 0 Å². The van der Waals surface area contributed by atoms with E-state index in [9.17, 15) is 9.59 Å². The Labute approximate surface area is 119 Å². The summed E-state index contributed by atoms with van der Waals surface area (Å²) in [5, 5.41) is 8.47. The maximum absolute atomic E-state index is 11.6. The van der Waals surface area contributed by atoms with Crippen LogP contribution in [0, 0.1) is 0 Å². The molecule has 2 aromatic rings. The van der Waals surface area contributed by atoms with Gasteiger partial charge >= 0.3 is 6.03 Å². The zero-order valence-corrected chi connectivity index (χ0v) is 11.8. The molecule has 20 heavy (non-hydrogen) atoms. The Kier molecular flexibility index (Phi) is 4.26. The zero-order valence-electron chi connectivity index (χ0n) is 10.9. The van der Waals surface area contributed by atoms with Crippen molar-refractivity contribution >= 4 is 33.9 Å². The van der Waals surface area contributed by atoms with Gasteiger partial charge in [0, 0.05) is 12.7 Å². The molecule has 0 bridgehead atoms. The van der Waals surface area contributed by atoms with Gasteiger partial charge in [-0.05, 0) is 35.8 Å². The molecule has 0 unspecified atom stereocenters. The van der Waals surface area contributed by atoms with Crippen molar-refractivity contribution in [3.63, 3.8) is 0 Å². The van der Waals surface area contributed by atoms with Crippen LogP contribution in [0.4, 0.5) is 21.2 Å². The molecule has 0 aliphatic rings. The van der Waals surface area contributed by atoms with E-state index in [4.69, 9.17) is 4.74 Å². The second kappa shape index (κ2) is 6.11. The molecule has 1 aromatic carbocycles. The van der Waals surface area contributed by atoms with Gasteiger partial charge in [0.1, 0.15) is 16.4 Å². The third kappa shape index (κ3) is 3.09. The summed E-state index contributed by atoms with van der Waals surface area (Å²) in [5.41, 5.74) is 0.612. The molecule has 0 radical (unpaired) electrons. The van der Waals surface area contributed by atoms with E-state index in [0.717, 1.165) is 23.0 Å². The van der Waals surface area contributed by atoms with Gasteiger partial charge in [-0.3, -0.25) is 9.17 Å². The Morgan fingerprint density at radius 3 is 2.60 bits per heavy atom. The van der Waals surface area contributed by atoms with Gasteiger partial charge in [0.15, 0.2) is 0 Å². The molecular formula is C12H14N4O3S. The first-order valence-corrected chi connectivity index (χ1v) is 6.57. The highest BCUT2D eigenvalue weighted by atomic mass is 32.1. The lowest BCUT2D eigenvalue weighted by Crippen LogP contribution is -2.27. The molecule has 1 aromatic heterocycles. The van der Waals surface area contributed by atoms with Crippen LogP contribution in [-0.4, -0.2) is 24.6 Å². The lowest BCUT2D eigenvalue weighted by molar-refractivity contribution is 0.254. The fraction of sp³-hybridized carbons (Fsp3) is 0.167. The van der Waals surface area contributed by atoms with E-state index in [1.807, 2.05) is 12.1 Å². The number of urea groups is 1. The van der Waals surface area contributed by atoms with Gasteiger partial charge in [0.25, 0.3) is 5.56 Å². The SMILES string of the molecule is CNC(=O)Nc1c(Nc2ccc(OC)cc2)s[nH]c1=O. The lowest BCUT2D eigenvalue weighted by Gasteiger charge is -2.07. The van der Waals surface area contributed by atoms with Crippen LogP contribution in [0.15, 0.2) is 29.1 Å². The molecule has 0 atom stereocenters. The second-order valence-electron chi connectivity index (χ2n) is 3.79. The van der Waals surface area contributed by atoms with Crippen molar-refractivity contribution in [3.05, 3.63) is 34.6 Å². The number of ether oxygens (including phenoxy) is 1. The van der Waals surface area contributed by atoms with Crippen LogP contribution < -0.4 is 26.2 Å². The molecule has 0 saturated heterocycles. The van der Waals surface area contributed by atoms with Gasteiger partial charge in [-0.25, -0.2) is 4.79 Å². The largest absolute Gasteiger partial charge is 0.497 e. The number of H-pyrrole nitrogens is 1. The van der Waals surface area contributed by atoms with E-state index in [-0.39, 0.29) is 11.2 Å². The Hall–Kier alpha value is -2.48. The van der Waals surface area contributed by atoms with Crippen LogP contribution in [0.1, 0.15) is 0 Å². The number of aromatic amines is 1. The number of nitrogens with one attached hydrogen (secondary N) is 4. The van der Waals surface area contributed by atoms with E-state index in [2.05, 4.69) is 20.3 Å². The quantitative estimate of drug-likeness (QED) is 0.693. The van der Waals surface area contributed by atoms with Gasteiger partial charge in [-0.2, -0.15) is 0 Å². The summed E-state index contributed by atoms with van der Waals surface area (Å²) < 4.78 is 7.63. The highest BCUT2D eigenvalue weighted by molar-refractivity contribution is 7.11. The molecule has 0 aliphatic carbocycles. The first-order valence-electron chi connectivity index (χ1n) is 5.75. The molecule has 0 spiro atoms. The Morgan fingerprint density at radius 1 is 1.30 bits per heavy atom. The molecule has 2 amide bonds. The van der Waals surface area contributed by atoms with Crippen molar-refractivity contribution in [1.82, 2.24) is 9.69 Å². The summed E-state index contributed by atoms with van der Waals surface area (Å²) in [5.74, 6) is 0.738. The minimum Gasteiger partial charge on any atom is -0.497 e. The van der Waals surface area contributed by atoms with E-state index in [1.54, 1.807) is 19.2 Å². The average molecular weight is 294 g/mol. The number of carbonyl (C=O) groups excluding carboxylic acids is 1. The van der Waals surface area contributed by atoms with Crippen LogP contribution in [-0.2, 0) is 0 Å². The molecule has 0 fully saturated rings. The number of carbonyl (C=O) groups is 1. The van der Waals surface area contributed by atoms with E-state index in [1.165, 1.54) is 7.05 Å². The third-order valence-electron chi connectivity index (χ3n) is 2.51. The molecule has 2 rings (SSSR count). The number of hydrogen-bond donors (Lipinski definition) is 4. The van der Waals surface area contributed by atoms with Gasteiger partial charge < -0.3 is 20.7 Å². The van der Waals surface area contributed by atoms with Crippen molar-refractivity contribution in [3.8, 4) is 5.75 Å². The summed E-state index contributed by atoms with van der Waals surface area (Å²) in [7, 11) is 3.07. The fourth-order valence-electron chi connectivity index (χ4n) is 1.49. The third-order valence-corrected chi connectivity index (χ3v) is 3.31. The summed E-state index contributed by atoms with van der Waals surface area (Å²) in [6.45, 7) is 0. The lowest BCUT2D eigenvalue weighted by atomic mass is 10.3. The van der Waals surface area contributed by atoms with Gasteiger partial charge in [0.05, 0.1) is 7.11 Å². The average Bonchev–Trinajstić information content (AvgIpc) is 2.81. The normalized spacial score (nSPS) is 9.90. The number of rotatable bonds is 4. The van der Waals surface area contributed by atoms with Gasteiger partial charge in [-0.15, -0.1) is 0 Å². The van der Waals surface area contributed by atoms with Crippen molar-refractivity contribution in [2.75, 3.05) is 24.8 Å². The van der Waals surface area contributed by atoms with Crippen LogP contribution in [0.5, 0.6) is 5.75 Å². The standard InChI is InChI=1S/C12H14N4O3S/c1-13-12(18)15-9-10(17)16-20-11(9)14-7-3-5-8(19-2)6-4-7/h3-6,14H,1-2H3,(H,16,17)(H2,13,15,18). The number of amides is 2. The Morgan fingerprint density at radius 2 is 2.00 bits per heavy atom. The van der Waals surface area contributed by atoms with Crippen molar-refractivity contribution < 1.29 is 9.53 Å². The molecule has 0 saturated carbocycles. The first-order chi connectivity index (χ1) is 9.63. The smallest absolute Gasteiger partial charge is 0.319 e. The van der Waals surface area contributed by atoms with E-state index in [0.29, 0.717) is 5.00 Å². The van der Waals surface area contributed by atoms with Crippen molar-refractivity contribution in [1.29, 1.82) is 0 Å². The van der Waals surface area contributed by atoms with Crippen LogP contribution in [0.2, 0.25) is 0 Å². The summed E-state index contributed by atoms with van der Waals surface area (Å²) in [4.78, 5) is 22.9. The molecule has 106 valence electrons. The second-order valence-corrected chi connectivity index (χ2v) is 4.61. The molecule has 7 nitrogen and oxygen atoms in total. The van der Waals surface area contributed by atoms with Crippen LogP contribution in [0.3, 0.4) is 0 Å². The summed E-state index contributed by atoms with van der Waals surface area (Å²) in [6, 6.07) is 6.76. The van der Waals surface area contributed by atoms with Gasteiger partial charge in [0.2, 0.25) is 0 Å². The minimum absolute atomic E-state index is 0.185. The molecule has 4 N–H and O–H groups in total. The van der Waals surface area contributed by atoms with E-state index < -0.39 is 6.03 Å². The molecular weight excluding hydrogens is 280 g/mol. The predicted octanol–water partition coefficient (Wildman–Crippen LogP) is 1.94. The monoisotopic (exact) mass is 294 g/mol. The van der Waals surface area contributed by atoms with Gasteiger partial charge in [-0.1, -0.05) is 0 Å². The fourth-order valence-corrected chi connectivity index (χ4v) is 2.20. The molecule has 0 aliphatic heterocycles. The predicted molar refractivity (Wildman–Crippen MR) is 79.3 cm³/mol. The van der Waals surface area contributed by atoms with Crippen molar-refractivity contribution in [2.24, 2.45) is 0 Å². The number of hydrogen-bond acceptors (Lipinski definition) is 5.